The van der Waals surface area contributed by atoms with E-state index in [1.165, 1.54) is 6.42 Å². The number of nitrogens with zero attached hydrogens (tertiary/aromatic N) is 1. The van der Waals surface area contributed by atoms with Crippen LogP contribution in [0.4, 0.5) is 5.69 Å². The van der Waals surface area contributed by atoms with Crippen molar-refractivity contribution in [2.24, 2.45) is 0 Å². The molecule has 2 amide bonds. The highest BCUT2D eigenvalue weighted by molar-refractivity contribution is 6.05. The minimum atomic E-state index is -0.240. The number of anilines is 1. The molecular formula is C21H24N2O4. The fourth-order valence-corrected chi connectivity index (χ4v) is 3.02. The van der Waals surface area contributed by atoms with E-state index in [1.807, 2.05) is 17.0 Å². The Bertz CT molecular complexity index is 783. The maximum atomic E-state index is 12.4. The van der Waals surface area contributed by atoms with E-state index < -0.39 is 0 Å². The molecule has 0 atom stereocenters. The summed E-state index contributed by atoms with van der Waals surface area (Å²) in [5.41, 5.74) is 1.10. The number of benzene rings is 2. The van der Waals surface area contributed by atoms with E-state index in [4.69, 9.17) is 9.47 Å². The van der Waals surface area contributed by atoms with E-state index in [0.29, 0.717) is 22.7 Å². The van der Waals surface area contributed by atoms with Gasteiger partial charge < -0.3 is 19.7 Å². The van der Waals surface area contributed by atoms with Gasteiger partial charge in [0.1, 0.15) is 11.5 Å². The number of carbonyl (C=O) groups excluding carboxylic acids is 2. The number of para-hydroxylation sites is 2. The van der Waals surface area contributed by atoms with Gasteiger partial charge >= 0.3 is 0 Å². The molecule has 3 rings (SSSR count). The Morgan fingerprint density at radius 1 is 1.00 bits per heavy atom. The summed E-state index contributed by atoms with van der Waals surface area (Å²) in [4.78, 5) is 26.4. The number of ether oxygens (including phenoxy) is 2. The Morgan fingerprint density at radius 3 is 2.41 bits per heavy atom. The van der Waals surface area contributed by atoms with Crippen LogP contribution in [0.2, 0.25) is 0 Å². The van der Waals surface area contributed by atoms with Gasteiger partial charge in [-0.1, -0.05) is 12.1 Å². The van der Waals surface area contributed by atoms with Crippen LogP contribution in [0.15, 0.2) is 48.5 Å². The number of likely N-dealkylation sites (tertiary alicyclic amines) is 1. The predicted molar refractivity (Wildman–Crippen MR) is 103 cm³/mol. The second kappa shape index (κ2) is 9.07. The summed E-state index contributed by atoms with van der Waals surface area (Å²) < 4.78 is 10.8. The van der Waals surface area contributed by atoms with E-state index in [0.717, 1.165) is 25.9 Å². The third-order valence-electron chi connectivity index (χ3n) is 4.54. The molecule has 1 aliphatic heterocycles. The van der Waals surface area contributed by atoms with E-state index in [9.17, 15) is 9.59 Å². The zero-order valence-electron chi connectivity index (χ0n) is 15.4. The van der Waals surface area contributed by atoms with Crippen molar-refractivity contribution in [3.8, 4) is 11.5 Å². The molecule has 6 nitrogen and oxygen atoms in total. The number of piperidine rings is 1. The minimum absolute atomic E-state index is 0.00712. The molecule has 142 valence electrons. The standard InChI is InChI=1S/C21H24N2O4/c1-26-19-8-4-3-7-18(19)22-21(25)16-9-11-17(12-10-16)27-15-20(24)23-13-5-2-6-14-23/h3-4,7-12H,2,5-6,13-15H2,1H3,(H,22,25). The van der Waals surface area contributed by atoms with Crippen molar-refractivity contribution in [1.29, 1.82) is 0 Å². The number of methoxy groups -OCH3 is 1. The second-order valence-electron chi connectivity index (χ2n) is 6.41. The molecule has 0 bridgehead atoms. The number of carbonyl (C=O) groups is 2. The van der Waals surface area contributed by atoms with Gasteiger partial charge in [-0.3, -0.25) is 9.59 Å². The van der Waals surface area contributed by atoms with Crippen molar-refractivity contribution in [1.82, 2.24) is 4.90 Å². The fourth-order valence-electron chi connectivity index (χ4n) is 3.02. The molecule has 1 fully saturated rings. The monoisotopic (exact) mass is 368 g/mol. The first-order valence-electron chi connectivity index (χ1n) is 9.12. The minimum Gasteiger partial charge on any atom is -0.495 e. The molecule has 2 aromatic carbocycles. The van der Waals surface area contributed by atoms with Crippen LogP contribution < -0.4 is 14.8 Å². The van der Waals surface area contributed by atoms with Gasteiger partial charge in [-0.25, -0.2) is 0 Å². The lowest BCUT2D eigenvalue weighted by molar-refractivity contribution is -0.134. The van der Waals surface area contributed by atoms with Crippen molar-refractivity contribution < 1.29 is 19.1 Å². The quantitative estimate of drug-likeness (QED) is 0.849. The Balaban J connectivity index is 1.55. The van der Waals surface area contributed by atoms with Crippen molar-refractivity contribution in [3.05, 3.63) is 54.1 Å². The van der Waals surface area contributed by atoms with Crippen LogP contribution >= 0.6 is 0 Å². The Kier molecular flexibility index (Phi) is 6.30. The molecule has 1 heterocycles. The van der Waals surface area contributed by atoms with Gasteiger partial charge in [0.15, 0.2) is 6.61 Å². The molecule has 6 heteroatoms. The topological polar surface area (TPSA) is 67.9 Å². The highest BCUT2D eigenvalue weighted by Gasteiger charge is 2.17. The van der Waals surface area contributed by atoms with E-state index in [2.05, 4.69) is 5.32 Å². The van der Waals surface area contributed by atoms with Crippen molar-refractivity contribution >= 4 is 17.5 Å². The highest BCUT2D eigenvalue weighted by Crippen LogP contribution is 2.24. The summed E-state index contributed by atoms with van der Waals surface area (Å²) in [6.07, 6.45) is 3.30. The van der Waals surface area contributed by atoms with Crippen LogP contribution in [0.5, 0.6) is 11.5 Å². The van der Waals surface area contributed by atoms with Crippen LogP contribution in [-0.2, 0) is 4.79 Å². The van der Waals surface area contributed by atoms with Crippen LogP contribution in [0.25, 0.3) is 0 Å². The molecular weight excluding hydrogens is 344 g/mol. The first kappa shape index (κ1) is 18.8. The smallest absolute Gasteiger partial charge is 0.260 e. The average molecular weight is 368 g/mol. The molecule has 0 aliphatic carbocycles. The van der Waals surface area contributed by atoms with Gasteiger partial charge in [-0.05, 0) is 55.7 Å². The van der Waals surface area contributed by atoms with E-state index in [-0.39, 0.29) is 18.4 Å². The van der Waals surface area contributed by atoms with Crippen molar-refractivity contribution in [2.75, 3.05) is 32.1 Å². The summed E-state index contributed by atoms with van der Waals surface area (Å²) >= 11 is 0. The second-order valence-corrected chi connectivity index (χ2v) is 6.41. The predicted octanol–water partition coefficient (Wildman–Crippen LogP) is 3.34. The molecule has 0 saturated carbocycles. The fraction of sp³-hybridized carbons (Fsp3) is 0.333. The van der Waals surface area contributed by atoms with Crippen LogP contribution in [0.1, 0.15) is 29.6 Å². The van der Waals surface area contributed by atoms with Gasteiger partial charge in [0, 0.05) is 18.7 Å². The molecule has 1 aliphatic rings. The van der Waals surface area contributed by atoms with E-state index in [1.54, 1.807) is 43.5 Å². The molecule has 0 radical (unpaired) electrons. The number of hydrogen-bond donors (Lipinski definition) is 1. The van der Waals surface area contributed by atoms with Gasteiger partial charge in [0.2, 0.25) is 0 Å². The molecule has 1 N–H and O–H groups in total. The first-order chi connectivity index (χ1) is 13.2. The Morgan fingerprint density at radius 2 is 1.70 bits per heavy atom. The molecule has 2 aromatic rings. The van der Waals surface area contributed by atoms with E-state index >= 15 is 0 Å². The van der Waals surface area contributed by atoms with Gasteiger partial charge in [-0.15, -0.1) is 0 Å². The van der Waals surface area contributed by atoms with Crippen molar-refractivity contribution in [2.45, 2.75) is 19.3 Å². The number of amides is 2. The number of hydrogen-bond acceptors (Lipinski definition) is 4. The number of nitrogens with one attached hydrogen (secondary N) is 1. The highest BCUT2D eigenvalue weighted by atomic mass is 16.5. The van der Waals surface area contributed by atoms with Gasteiger partial charge in [0.05, 0.1) is 12.8 Å². The molecule has 0 spiro atoms. The first-order valence-corrected chi connectivity index (χ1v) is 9.12. The molecule has 0 aromatic heterocycles. The van der Waals surface area contributed by atoms with Crippen LogP contribution in [-0.4, -0.2) is 43.5 Å². The number of rotatable bonds is 6. The normalized spacial score (nSPS) is 13.7. The lowest BCUT2D eigenvalue weighted by Crippen LogP contribution is -2.38. The zero-order chi connectivity index (χ0) is 19.1. The third kappa shape index (κ3) is 5.00. The van der Waals surface area contributed by atoms with Crippen LogP contribution in [0.3, 0.4) is 0 Å². The zero-order valence-corrected chi connectivity index (χ0v) is 15.4. The largest absolute Gasteiger partial charge is 0.495 e. The van der Waals surface area contributed by atoms with Crippen molar-refractivity contribution in [3.63, 3.8) is 0 Å². The summed E-state index contributed by atoms with van der Waals surface area (Å²) in [7, 11) is 1.56. The maximum absolute atomic E-state index is 12.4. The van der Waals surface area contributed by atoms with Crippen LogP contribution in [0, 0.1) is 0 Å². The van der Waals surface area contributed by atoms with Gasteiger partial charge in [-0.2, -0.15) is 0 Å². The molecule has 27 heavy (non-hydrogen) atoms. The summed E-state index contributed by atoms with van der Waals surface area (Å²) in [6, 6.07) is 14.0. The SMILES string of the molecule is COc1ccccc1NC(=O)c1ccc(OCC(=O)N2CCCCC2)cc1. The average Bonchev–Trinajstić information content (AvgIpc) is 2.73. The van der Waals surface area contributed by atoms with Gasteiger partial charge in [0.25, 0.3) is 11.8 Å². The third-order valence-corrected chi connectivity index (χ3v) is 4.54. The Labute approximate surface area is 159 Å². The molecule has 1 saturated heterocycles. The summed E-state index contributed by atoms with van der Waals surface area (Å²) in [5, 5.41) is 2.82. The molecule has 0 unspecified atom stereocenters. The lowest BCUT2D eigenvalue weighted by atomic mass is 10.1. The lowest BCUT2D eigenvalue weighted by Gasteiger charge is -2.26. The maximum Gasteiger partial charge on any atom is 0.260 e. The summed E-state index contributed by atoms with van der Waals surface area (Å²) in [6.45, 7) is 1.64. The summed E-state index contributed by atoms with van der Waals surface area (Å²) in [5.74, 6) is 0.930. The Hall–Kier alpha value is -3.02.